The van der Waals surface area contributed by atoms with Gasteiger partial charge in [-0.1, -0.05) is 23.2 Å². The highest BCUT2D eigenvalue weighted by atomic mass is 35.5. The summed E-state index contributed by atoms with van der Waals surface area (Å²) in [7, 11) is 1.85. The van der Waals surface area contributed by atoms with Gasteiger partial charge in [0.1, 0.15) is 0 Å². The molecule has 0 atom stereocenters. The van der Waals surface area contributed by atoms with E-state index in [2.05, 4.69) is 15.7 Å². The average Bonchev–Trinajstić information content (AvgIpc) is 2.55. The maximum atomic E-state index is 5.92. The lowest BCUT2D eigenvalue weighted by Crippen LogP contribution is -2.19. The molecule has 0 saturated carbocycles. The lowest BCUT2D eigenvalue weighted by molar-refractivity contribution is 0.756. The van der Waals surface area contributed by atoms with Crippen molar-refractivity contribution in [3.63, 3.8) is 0 Å². The summed E-state index contributed by atoms with van der Waals surface area (Å²) in [5, 5.41) is 11.9. The first kappa shape index (κ1) is 14.1. The summed E-state index contributed by atoms with van der Waals surface area (Å²) < 4.78 is 1.72. The Hall–Kier alpha value is -1.30. The van der Waals surface area contributed by atoms with Crippen molar-refractivity contribution >= 4 is 51.9 Å². The predicted octanol–water partition coefficient (Wildman–Crippen LogP) is 3.84. The summed E-state index contributed by atoms with van der Waals surface area (Å²) >= 11 is 17.1. The Bertz CT molecular complexity index is 604. The third kappa shape index (κ3) is 3.83. The number of rotatable bonds is 2. The molecule has 0 spiro atoms. The van der Waals surface area contributed by atoms with Crippen molar-refractivity contribution in [2.24, 2.45) is 7.05 Å². The Morgan fingerprint density at radius 1 is 1.21 bits per heavy atom. The molecule has 0 amide bonds. The average molecular weight is 315 g/mol. The van der Waals surface area contributed by atoms with Crippen LogP contribution in [0.2, 0.25) is 10.0 Å². The smallest absolute Gasteiger partial charge is 0.175 e. The van der Waals surface area contributed by atoms with Crippen LogP contribution in [0.3, 0.4) is 0 Å². The van der Waals surface area contributed by atoms with Gasteiger partial charge in [0.2, 0.25) is 0 Å². The number of thiocarbonyl (C=S) groups is 1. The first-order valence-corrected chi connectivity index (χ1v) is 6.65. The number of aromatic nitrogens is 2. The fourth-order valence-electron chi connectivity index (χ4n) is 1.63. The van der Waals surface area contributed by atoms with Crippen LogP contribution in [-0.2, 0) is 7.05 Å². The van der Waals surface area contributed by atoms with Crippen molar-refractivity contribution in [1.29, 1.82) is 0 Å². The minimum absolute atomic E-state index is 0.453. The molecule has 7 heteroatoms. The predicted molar refractivity (Wildman–Crippen MR) is 84.3 cm³/mol. The Labute approximate surface area is 126 Å². The monoisotopic (exact) mass is 314 g/mol. The van der Waals surface area contributed by atoms with E-state index in [1.165, 1.54) is 0 Å². The number of hydrogen-bond donors (Lipinski definition) is 2. The van der Waals surface area contributed by atoms with Gasteiger partial charge in [-0.2, -0.15) is 5.10 Å². The molecule has 19 heavy (non-hydrogen) atoms. The van der Waals surface area contributed by atoms with Crippen LogP contribution >= 0.6 is 35.4 Å². The molecule has 2 N–H and O–H groups in total. The molecule has 0 aliphatic carbocycles. The van der Waals surface area contributed by atoms with Crippen molar-refractivity contribution in [3.05, 3.63) is 40.1 Å². The minimum Gasteiger partial charge on any atom is -0.332 e. The molecule has 0 saturated heterocycles. The van der Waals surface area contributed by atoms with Crippen LogP contribution in [-0.4, -0.2) is 14.9 Å². The summed E-state index contributed by atoms with van der Waals surface area (Å²) in [5.74, 6) is 0. The maximum Gasteiger partial charge on any atom is 0.175 e. The van der Waals surface area contributed by atoms with Gasteiger partial charge in [0.15, 0.2) is 5.11 Å². The van der Waals surface area contributed by atoms with Crippen LogP contribution in [0.15, 0.2) is 24.4 Å². The molecule has 4 nitrogen and oxygen atoms in total. The highest BCUT2D eigenvalue weighted by Gasteiger charge is 2.06. The Kier molecular flexibility index (Phi) is 4.29. The Morgan fingerprint density at radius 3 is 2.37 bits per heavy atom. The Morgan fingerprint density at radius 2 is 1.84 bits per heavy atom. The van der Waals surface area contributed by atoms with Crippen LogP contribution in [0.25, 0.3) is 0 Å². The molecule has 0 radical (unpaired) electrons. The van der Waals surface area contributed by atoms with E-state index < -0.39 is 0 Å². The normalized spacial score (nSPS) is 10.3. The number of anilines is 2. The van der Waals surface area contributed by atoms with E-state index in [-0.39, 0.29) is 0 Å². The standard InChI is InChI=1S/C12H12Cl2N4S/c1-7-11(6-18(2)17-7)16-12(19)15-10-4-8(13)3-9(14)5-10/h3-6H,1-2H3,(H2,15,16,19). The largest absolute Gasteiger partial charge is 0.332 e. The topological polar surface area (TPSA) is 41.9 Å². The second-order valence-electron chi connectivity index (χ2n) is 4.04. The molecule has 100 valence electrons. The molecule has 2 rings (SSSR count). The Balaban J connectivity index is 2.07. The number of nitrogens with one attached hydrogen (secondary N) is 2. The number of hydrogen-bond acceptors (Lipinski definition) is 2. The summed E-state index contributed by atoms with van der Waals surface area (Å²) in [6.45, 7) is 1.90. The SMILES string of the molecule is Cc1nn(C)cc1NC(=S)Nc1cc(Cl)cc(Cl)c1. The van der Waals surface area contributed by atoms with Crippen molar-refractivity contribution in [2.45, 2.75) is 6.92 Å². The van der Waals surface area contributed by atoms with Gasteiger partial charge in [-0.25, -0.2) is 0 Å². The second kappa shape index (κ2) is 5.77. The third-order valence-electron chi connectivity index (χ3n) is 2.38. The van der Waals surface area contributed by atoms with E-state index in [9.17, 15) is 0 Å². The van der Waals surface area contributed by atoms with Crippen LogP contribution in [0, 0.1) is 6.92 Å². The van der Waals surface area contributed by atoms with Gasteiger partial charge in [0.05, 0.1) is 11.4 Å². The van der Waals surface area contributed by atoms with E-state index in [4.69, 9.17) is 35.4 Å². The van der Waals surface area contributed by atoms with Gasteiger partial charge in [0, 0.05) is 29.0 Å². The van der Waals surface area contributed by atoms with Crippen LogP contribution in [0.4, 0.5) is 11.4 Å². The van der Waals surface area contributed by atoms with Gasteiger partial charge in [-0.3, -0.25) is 4.68 Å². The molecule has 0 unspecified atom stereocenters. The van der Waals surface area contributed by atoms with Crippen LogP contribution in [0.1, 0.15) is 5.69 Å². The number of benzene rings is 1. The maximum absolute atomic E-state index is 5.92. The quantitative estimate of drug-likeness (QED) is 0.826. The molecular formula is C12H12Cl2N4S. The zero-order valence-corrected chi connectivity index (χ0v) is 12.7. The molecule has 2 aromatic rings. The number of halogens is 2. The third-order valence-corrected chi connectivity index (χ3v) is 3.02. The van der Waals surface area contributed by atoms with Gasteiger partial charge in [0.25, 0.3) is 0 Å². The molecular weight excluding hydrogens is 303 g/mol. The first-order chi connectivity index (χ1) is 8.94. The summed E-state index contributed by atoms with van der Waals surface area (Å²) in [6.07, 6.45) is 1.86. The van der Waals surface area contributed by atoms with E-state index in [0.29, 0.717) is 15.2 Å². The zero-order valence-electron chi connectivity index (χ0n) is 10.4. The van der Waals surface area contributed by atoms with Crippen molar-refractivity contribution < 1.29 is 0 Å². The molecule has 0 fully saturated rings. The van der Waals surface area contributed by atoms with Gasteiger partial charge >= 0.3 is 0 Å². The molecule has 1 aromatic carbocycles. The zero-order chi connectivity index (χ0) is 14.0. The van der Waals surface area contributed by atoms with E-state index in [0.717, 1.165) is 17.1 Å². The highest BCUT2D eigenvalue weighted by Crippen LogP contribution is 2.22. The van der Waals surface area contributed by atoms with Gasteiger partial charge in [-0.15, -0.1) is 0 Å². The summed E-state index contributed by atoms with van der Waals surface area (Å²) in [4.78, 5) is 0. The van der Waals surface area contributed by atoms with Gasteiger partial charge < -0.3 is 10.6 Å². The molecule has 0 bridgehead atoms. The summed E-state index contributed by atoms with van der Waals surface area (Å²) in [6, 6.07) is 5.16. The first-order valence-electron chi connectivity index (χ1n) is 5.48. The van der Waals surface area contributed by atoms with E-state index in [1.54, 1.807) is 22.9 Å². The fourth-order valence-corrected chi connectivity index (χ4v) is 2.39. The van der Waals surface area contributed by atoms with Gasteiger partial charge in [-0.05, 0) is 37.3 Å². The van der Waals surface area contributed by atoms with Crippen LogP contribution < -0.4 is 10.6 Å². The van der Waals surface area contributed by atoms with Crippen molar-refractivity contribution in [2.75, 3.05) is 10.6 Å². The molecule has 1 aromatic heterocycles. The van der Waals surface area contributed by atoms with E-state index >= 15 is 0 Å². The number of aryl methyl sites for hydroxylation is 2. The second-order valence-corrected chi connectivity index (χ2v) is 5.32. The molecule has 0 aliphatic heterocycles. The van der Waals surface area contributed by atoms with Crippen molar-refractivity contribution in [3.8, 4) is 0 Å². The summed E-state index contributed by atoms with van der Waals surface area (Å²) in [5.41, 5.74) is 2.46. The lowest BCUT2D eigenvalue weighted by Gasteiger charge is -2.10. The molecule has 0 aliphatic rings. The highest BCUT2D eigenvalue weighted by molar-refractivity contribution is 7.80. The fraction of sp³-hybridized carbons (Fsp3) is 0.167. The van der Waals surface area contributed by atoms with E-state index in [1.807, 2.05) is 20.2 Å². The molecule has 1 heterocycles. The minimum atomic E-state index is 0.453. The van der Waals surface area contributed by atoms with Crippen LogP contribution in [0.5, 0.6) is 0 Å². The van der Waals surface area contributed by atoms with Crippen molar-refractivity contribution in [1.82, 2.24) is 9.78 Å². The number of nitrogens with zero attached hydrogens (tertiary/aromatic N) is 2. The lowest BCUT2D eigenvalue weighted by atomic mass is 10.3.